The zero-order chi connectivity index (χ0) is 20.5. The molecule has 148 valence electrons. The first kappa shape index (κ1) is 21.3. The highest BCUT2D eigenvalue weighted by atomic mass is 19.1. The van der Waals surface area contributed by atoms with E-state index in [1.54, 1.807) is 30.3 Å². The highest BCUT2D eigenvalue weighted by molar-refractivity contribution is 6.05. The summed E-state index contributed by atoms with van der Waals surface area (Å²) in [5.41, 5.74) is 1.69. The summed E-state index contributed by atoms with van der Waals surface area (Å²) < 4.78 is 14.0. The van der Waals surface area contributed by atoms with Crippen LogP contribution < -0.4 is 15.5 Å². The minimum Gasteiger partial charge on any atom is -0.351 e. The van der Waals surface area contributed by atoms with E-state index in [1.165, 1.54) is 17.0 Å². The van der Waals surface area contributed by atoms with E-state index >= 15 is 0 Å². The zero-order valence-electron chi connectivity index (χ0n) is 16.5. The van der Waals surface area contributed by atoms with Crippen molar-refractivity contribution in [2.45, 2.75) is 13.3 Å². The molecule has 5 nitrogen and oxygen atoms in total. The number of hydrogen-bond donors (Lipinski definition) is 3. The third-order valence-electron chi connectivity index (χ3n) is 4.15. The van der Waals surface area contributed by atoms with Crippen LogP contribution in [0.15, 0.2) is 54.2 Å². The summed E-state index contributed by atoms with van der Waals surface area (Å²) in [6.07, 6.45) is 2.15. The molecule has 0 bridgehead atoms. The largest absolute Gasteiger partial charge is 0.351 e. The second kappa shape index (κ2) is 10.4. The highest BCUT2D eigenvalue weighted by Crippen LogP contribution is 2.11. The van der Waals surface area contributed by atoms with Gasteiger partial charge in [0.25, 0.3) is 11.8 Å². The second-order valence-corrected chi connectivity index (χ2v) is 6.97. The van der Waals surface area contributed by atoms with Crippen molar-refractivity contribution in [3.05, 3.63) is 76.7 Å². The van der Waals surface area contributed by atoms with Gasteiger partial charge in [-0.2, -0.15) is 0 Å². The Kier molecular flexibility index (Phi) is 7.89. The van der Waals surface area contributed by atoms with E-state index in [4.69, 9.17) is 0 Å². The van der Waals surface area contributed by atoms with E-state index in [2.05, 4.69) is 10.6 Å². The van der Waals surface area contributed by atoms with Crippen molar-refractivity contribution in [1.29, 1.82) is 0 Å². The topological polar surface area (TPSA) is 62.6 Å². The summed E-state index contributed by atoms with van der Waals surface area (Å²) in [5, 5.41) is 5.40. The number of nitrogens with one attached hydrogen (secondary N) is 3. The van der Waals surface area contributed by atoms with Gasteiger partial charge in [-0.25, -0.2) is 4.39 Å². The molecule has 0 saturated heterocycles. The molecule has 2 aromatic rings. The Morgan fingerprint density at radius 2 is 1.75 bits per heavy atom. The summed E-state index contributed by atoms with van der Waals surface area (Å²) in [5.74, 6) is -1.33. The first-order chi connectivity index (χ1) is 13.4. The Morgan fingerprint density at radius 3 is 2.39 bits per heavy atom. The van der Waals surface area contributed by atoms with Crippen LogP contribution in [0.25, 0.3) is 6.08 Å². The number of rotatable bonds is 8. The van der Waals surface area contributed by atoms with Crippen molar-refractivity contribution in [2.24, 2.45) is 0 Å². The van der Waals surface area contributed by atoms with E-state index in [1.807, 2.05) is 33.2 Å². The Hall–Kier alpha value is -2.99. The molecule has 2 rings (SSSR count). The van der Waals surface area contributed by atoms with Crippen LogP contribution in [0.2, 0.25) is 0 Å². The molecule has 3 N–H and O–H groups in total. The van der Waals surface area contributed by atoms with E-state index in [0.717, 1.165) is 18.5 Å². The average molecular weight is 384 g/mol. The van der Waals surface area contributed by atoms with Crippen LogP contribution in [-0.2, 0) is 4.79 Å². The maximum absolute atomic E-state index is 14.0. The number of amides is 2. The average Bonchev–Trinajstić information content (AvgIpc) is 2.66. The maximum Gasteiger partial charge on any atom is 0.267 e. The van der Waals surface area contributed by atoms with Gasteiger partial charge in [-0.05, 0) is 31.2 Å². The molecule has 0 fully saturated rings. The Balaban J connectivity index is 2.18. The molecule has 0 saturated carbocycles. The van der Waals surface area contributed by atoms with E-state index < -0.39 is 17.6 Å². The third-order valence-corrected chi connectivity index (χ3v) is 4.15. The zero-order valence-corrected chi connectivity index (χ0v) is 16.5. The van der Waals surface area contributed by atoms with Crippen molar-refractivity contribution in [3.63, 3.8) is 0 Å². The molecular formula is C22H27FN3O2+. The molecule has 0 aromatic heterocycles. The maximum atomic E-state index is 14.0. The van der Waals surface area contributed by atoms with Gasteiger partial charge in [0.15, 0.2) is 0 Å². The number of aryl methyl sites for hydroxylation is 1. The molecular weight excluding hydrogens is 357 g/mol. The SMILES string of the molecule is Cc1ccc(C(=O)N/C(=C\c2ccccc2F)C(=O)NCCC[NH+](C)C)cc1. The van der Waals surface area contributed by atoms with Crippen LogP contribution in [-0.4, -0.2) is 39.0 Å². The summed E-state index contributed by atoms with van der Waals surface area (Å²) in [6, 6.07) is 13.1. The molecule has 0 heterocycles. The first-order valence-corrected chi connectivity index (χ1v) is 9.28. The predicted octanol–water partition coefficient (Wildman–Crippen LogP) is 1.56. The quantitative estimate of drug-likeness (QED) is 0.478. The van der Waals surface area contributed by atoms with Gasteiger partial charge in [0.1, 0.15) is 11.5 Å². The first-order valence-electron chi connectivity index (χ1n) is 9.28. The lowest BCUT2D eigenvalue weighted by atomic mass is 10.1. The van der Waals surface area contributed by atoms with Gasteiger partial charge in [0, 0.05) is 24.1 Å². The van der Waals surface area contributed by atoms with Crippen molar-refractivity contribution in [1.82, 2.24) is 10.6 Å². The number of quaternary nitrogens is 1. The van der Waals surface area contributed by atoms with E-state index in [-0.39, 0.29) is 11.3 Å². The van der Waals surface area contributed by atoms with Crippen LogP contribution in [0.3, 0.4) is 0 Å². The molecule has 0 aliphatic carbocycles. The van der Waals surface area contributed by atoms with Crippen molar-refractivity contribution in [3.8, 4) is 0 Å². The van der Waals surface area contributed by atoms with Crippen molar-refractivity contribution >= 4 is 17.9 Å². The summed E-state index contributed by atoms with van der Waals surface area (Å²) in [4.78, 5) is 26.4. The van der Waals surface area contributed by atoms with Gasteiger partial charge in [0.05, 0.1) is 20.6 Å². The monoisotopic (exact) mass is 384 g/mol. The number of carbonyl (C=O) groups is 2. The van der Waals surface area contributed by atoms with Gasteiger partial charge < -0.3 is 15.5 Å². The standard InChI is InChI=1S/C22H26FN3O2/c1-16-9-11-17(12-10-16)21(27)25-20(15-18-7-4-5-8-19(18)23)22(28)24-13-6-14-26(2)3/h4-5,7-12,15H,6,13-14H2,1-3H3,(H,24,28)(H,25,27)/p+1/b20-15-. The second-order valence-electron chi connectivity index (χ2n) is 6.97. The summed E-state index contributed by atoms with van der Waals surface area (Å²) in [7, 11) is 4.07. The number of halogens is 1. The molecule has 0 aliphatic heterocycles. The summed E-state index contributed by atoms with van der Waals surface area (Å²) >= 11 is 0. The predicted molar refractivity (Wildman–Crippen MR) is 108 cm³/mol. The molecule has 0 atom stereocenters. The Morgan fingerprint density at radius 1 is 1.07 bits per heavy atom. The number of hydrogen-bond acceptors (Lipinski definition) is 2. The molecule has 0 aliphatic rings. The highest BCUT2D eigenvalue weighted by Gasteiger charge is 2.15. The molecule has 0 spiro atoms. The van der Waals surface area contributed by atoms with Crippen LogP contribution in [0, 0.1) is 12.7 Å². The molecule has 0 radical (unpaired) electrons. The molecule has 2 aromatic carbocycles. The van der Waals surface area contributed by atoms with Gasteiger partial charge in [-0.3, -0.25) is 9.59 Å². The van der Waals surface area contributed by atoms with Crippen molar-refractivity contribution in [2.75, 3.05) is 27.2 Å². The van der Waals surface area contributed by atoms with Gasteiger partial charge in [-0.15, -0.1) is 0 Å². The van der Waals surface area contributed by atoms with Crippen molar-refractivity contribution < 1.29 is 18.9 Å². The van der Waals surface area contributed by atoms with Gasteiger partial charge in [-0.1, -0.05) is 35.9 Å². The fourth-order valence-electron chi connectivity index (χ4n) is 2.54. The normalized spacial score (nSPS) is 11.4. The van der Waals surface area contributed by atoms with Crippen LogP contribution in [0.4, 0.5) is 4.39 Å². The van der Waals surface area contributed by atoms with Crippen LogP contribution in [0.5, 0.6) is 0 Å². The Labute approximate surface area is 165 Å². The number of carbonyl (C=O) groups excluding carboxylic acids is 2. The lowest BCUT2D eigenvalue weighted by Gasteiger charge is -2.12. The minimum absolute atomic E-state index is 0.00729. The van der Waals surface area contributed by atoms with Gasteiger partial charge >= 0.3 is 0 Å². The molecule has 2 amide bonds. The third kappa shape index (κ3) is 6.63. The van der Waals surface area contributed by atoms with Crippen LogP contribution in [0.1, 0.15) is 27.9 Å². The fraction of sp³-hybridized carbons (Fsp3) is 0.273. The number of benzene rings is 2. The van der Waals surface area contributed by atoms with Gasteiger partial charge in [0.2, 0.25) is 0 Å². The summed E-state index contributed by atoms with van der Waals surface area (Å²) in [6.45, 7) is 3.30. The Bertz CT molecular complexity index is 845. The molecule has 6 heteroatoms. The van der Waals surface area contributed by atoms with E-state index in [9.17, 15) is 14.0 Å². The van der Waals surface area contributed by atoms with E-state index in [0.29, 0.717) is 12.1 Å². The molecule has 0 unspecified atom stereocenters. The molecule has 28 heavy (non-hydrogen) atoms. The fourth-order valence-corrected chi connectivity index (χ4v) is 2.54. The lowest BCUT2D eigenvalue weighted by molar-refractivity contribution is -0.858. The van der Waals surface area contributed by atoms with Crippen LogP contribution >= 0.6 is 0 Å². The smallest absolute Gasteiger partial charge is 0.267 e. The lowest BCUT2D eigenvalue weighted by Crippen LogP contribution is -3.05. The minimum atomic E-state index is -0.464.